The van der Waals surface area contributed by atoms with E-state index in [4.69, 9.17) is 23.1 Å². The average Bonchev–Trinajstić information content (AvgIpc) is 3.00. The monoisotopic (exact) mass is 723 g/mol. The summed E-state index contributed by atoms with van der Waals surface area (Å²) in [6.07, 6.45) is -2.18. The third kappa shape index (κ3) is 9.92. The van der Waals surface area contributed by atoms with E-state index in [-0.39, 0.29) is 28.8 Å². The molecule has 1 unspecified atom stereocenters. The number of hydrogen-bond donors (Lipinski definition) is 0. The van der Waals surface area contributed by atoms with E-state index < -0.39 is 40.5 Å². The van der Waals surface area contributed by atoms with Gasteiger partial charge >= 0.3 is 12.1 Å². The number of nitrogens with zero attached hydrogens (tertiary/aromatic N) is 1. The maximum atomic E-state index is 14.5. The molecule has 3 rings (SSSR count). The molecule has 0 saturated carbocycles. The Labute approximate surface area is 293 Å². The molecule has 274 valence electrons. The molecule has 1 heterocycles. The zero-order chi connectivity index (χ0) is 37.1. The van der Waals surface area contributed by atoms with Crippen molar-refractivity contribution in [2.24, 2.45) is 0 Å². The molecule has 0 aromatic heterocycles. The van der Waals surface area contributed by atoms with Crippen LogP contribution in [0.4, 0.5) is 18.9 Å². The molecule has 1 aliphatic rings. The SMILES string of the molecule is C=C[C@@](COC1CCCCO1)(Cc1ccc(O[Si](C)(C)C(C)(C)C)c(O[Si](C)(C)C(C)(C)C)c1)N(C(=O)C(F)(F)F)c1ccc(OC)cc1. The number of alkyl halides is 3. The highest BCUT2D eigenvalue weighted by molar-refractivity contribution is 6.75. The molecule has 0 aliphatic carbocycles. The van der Waals surface area contributed by atoms with Crippen LogP contribution in [0.2, 0.25) is 36.3 Å². The molecule has 0 radical (unpaired) electrons. The van der Waals surface area contributed by atoms with Crippen molar-refractivity contribution in [3.05, 3.63) is 60.7 Å². The Kier molecular flexibility index (Phi) is 12.6. The minimum absolute atomic E-state index is 0.0202. The topological polar surface area (TPSA) is 66.5 Å². The Morgan fingerprint density at radius 1 is 0.918 bits per heavy atom. The summed E-state index contributed by atoms with van der Waals surface area (Å²) in [6, 6.07) is 11.4. The summed E-state index contributed by atoms with van der Waals surface area (Å²) in [4.78, 5) is 14.2. The minimum Gasteiger partial charge on any atom is -0.541 e. The Morgan fingerprint density at radius 2 is 1.49 bits per heavy atom. The first kappa shape index (κ1) is 40.6. The standard InChI is InChI=1S/C37H56F3NO6Si2/c1-13-36(26-45-32-16-14-15-23-44-32,41(33(42)37(38,39)40)28-18-20-29(43-8)21-19-28)25-27-17-22-30(46-48(9,10)34(2,3)4)31(24-27)47-49(11,12)35(5,6)7/h13,17-22,24,32H,1,14-16,23,25-26H2,2-12H3/t32?,36-/m0/s1. The Morgan fingerprint density at radius 3 is 1.96 bits per heavy atom. The maximum Gasteiger partial charge on any atom is 0.471 e. The molecule has 1 aliphatic heterocycles. The van der Waals surface area contributed by atoms with E-state index in [2.05, 4.69) is 74.3 Å². The second-order valence-electron chi connectivity index (χ2n) is 15.9. The van der Waals surface area contributed by atoms with Gasteiger partial charge in [-0.25, -0.2) is 0 Å². The molecule has 2 aromatic carbocycles. The van der Waals surface area contributed by atoms with Gasteiger partial charge in [-0.2, -0.15) is 13.2 Å². The fourth-order valence-electron chi connectivity index (χ4n) is 4.97. The zero-order valence-corrected chi connectivity index (χ0v) is 33.2. The van der Waals surface area contributed by atoms with Crippen LogP contribution in [0.15, 0.2) is 55.1 Å². The van der Waals surface area contributed by atoms with E-state index in [1.54, 1.807) is 0 Å². The van der Waals surface area contributed by atoms with Gasteiger partial charge in [-0.1, -0.05) is 53.7 Å². The molecule has 1 saturated heterocycles. The van der Waals surface area contributed by atoms with Crippen molar-refractivity contribution in [2.75, 3.05) is 25.2 Å². The van der Waals surface area contributed by atoms with Crippen molar-refractivity contribution < 1.29 is 41.0 Å². The van der Waals surface area contributed by atoms with Crippen LogP contribution in [-0.4, -0.2) is 60.9 Å². The van der Waals surface area contributed by atoms with E-state index >= 15 is 0 Å². The summed E-state index contributed by atoms with van der Waals surface area (Å²) >= 11 is 0. The largest absolute Gasteiger partial charge is 0.541 e. The number of halogens is 3. The van der Waals surface area contributed by atoms with Gasteiger partial charge in [0.15, 0.2) is 6.29 Å². The lowest BCUT2D eigenvalue weighted by atomic mass is 9.88. The highest BCUT2D eigenvalue weighted by Crippen LogP contribution is 2.45. The van der Waals surface area contributed by atoms with Gasteiger partial charge in [0.25, 0.3) is 16.6 Å². The van der Waals surface area contributed by atoms with Gasteiger partial charge in [-0.3, -0.25) is 9.69 Å². The first-order chi connectivity index (χ1) is 22.5. The van der Waals surface area contributed by atoms with Crippen molar-refractivity contribution in [2.45, 2.75) is 121 Å². The molecule has 0 N–H and O–H groups in total. The fraction of sp³-hybridized carbons (Fsp3) is 0.595. The summed E-state index contributed by atoms with van der Waals surface area (Å²) in [5, 5.41) is -0.229. The van der Waals surface area contributed by atoms with Crippen molar-refractivity contribution in [1.29, 1.82) is 0 Å². The second kappa shape index (κ2) is 15.2. The van der Waals surface area contributed by atoms with Crippen LogP contribution in [-0.2, 0) is 20.7 Å². The minimum atomic E-state index is -5.19. The summed E-state index contributed by atoms with van der Waals surface area (Å²) in [5.74, 6) is -0.485. The lowest BCUT2D eigenvalue weighted by molar-refractivity contribution is -0.178. The van der Waals surface area contributed by atoms with Crippen LogP contribution >= 0.6 is 0 Å². The summed E-state index contributed by atoms with van der Waals surface area (Å²) in [5.41, 5.74) is -1.04. The van der Waals surface area contributed by atoms with Gasteiger partial charge in [0.1, 0.15) is 17.2 Å². The lowest BCUT2D eigenvalue weighted by Crippen LogP contribution is -2.59. The van der Waals surface area contributed by atoms with Gasteiger partial charge in [-0.05, 0) is 97.5 Å². The fourth-order valence-corrected chi connectivity index (χ4v) is 7.01. The van der Waals surface area contributed by atoms with Crippen molar-refractivity contribution >= 4 is 28.2 Å². The van der Waals surface area contributed by atoms with E-state index in [9.17, 15) is 18.0 Å². The number of hydrogen-bond acceptors (Lipinski definition) is 6. The van der Waals surface area contributed by atoms with Gasteiger partial charge in [0.2, 0.25) is 0 Å². The van der Waals surface area contributed by atoms with E-state index in [1.165, 1.54) is 37.5 Å². The van der Waals surface area contributed by atoms with Crippen LogP contribution in [0.5, 0.6) is 17.2 Å². The number of ether oxygens (including phenoxy) is 3. The smallest absolute Gasteiger partial charge is 0.471 e. The van der Waals surface area contributed by atoms with Crippen LogP contribution < -0.4 is 18.5 Å². The van der Waals surface area contributed by atoms with Crippen LogP contribution in [0.3, 0.4) is 0 Å². The highest BCUT2D eigenvalue weighted by Gasteiger charge is 2.51. The summed E-state index contributed by atoms with van der Waals surface area (Å²) < 4.78 is 74.2. The molecule has 2 atom stereocenters. The summed E-state index contributed by atoms with van der Waals surface area (Å²) in [7, 11) is -3.25. The number of amides is 1. The molecule has 2 aromatic rings. The summed E-state index contributed by atoms with van der Waals surface area (Å²) in [6.45, 7) is 25.6. The Balaban J connectivity index is 2.23. The van der Waals surface area contributed by atoms with Crippen molar-refractivity contribution in [3.63, 3.8) is 0 Å². The molecule has 12 heteroatoms. The molecule has 1 fully saturated rings. The second-order valence-corrected chi connectivity index (χ2v) is 25.4. The third-order valence-corrected chi connectivity index (χ3v) is 18.8. The Bertz CT molecular complexity index is 1430. The quantitative estimate of drug-likeness (QED) is 0.151. The van der Waals surface area contributed by atoms with Crippen LogP contribution in [0, 0.1) is 0 Å². The first-order valence-electron chi connectivity index (χ1n) is 16.9. The lowest BCUT2D eigenvalue weighted by Gasteiger charge is -2.43. The van der Waals surface area contributed by atoms with Gasteiger partial charge < -0.3 is 23.1 Å². The maximum absolute atomic E-state index is 14.5. The molecule has 49 heavy (non-hydrogen) atoms. The molecule has 0 bridgehead atoms. The predicted octanol–water partition coefficient (Wildman–Crippen LogP) is 10.1. The third-order valence-electron chi connectivity index (χ3n) is 10.1. The highest BCUT2D eigenvalue weighted by atomic mass is 28.4. The first-order valence-corrected chi connectivity index (χ1v) is 22.7. The average molecular weight is 724 g/mol. The van der Waals surface area contributed by atoms with Gasteiger partial charge in [-0.15, -0.1) is 6.58 Å². The van der Waals surface area contributed by atoms with E-state index in [0.717, 1.165) is 17.7 Å². The van der Waals surface area contributed by atoms with Crippen LogP contribution in [0.25, 0.3) is 0 Å². The van der Waals surface area contributed by atoms with E-state index in [1.807, 2.05) is 18.2 Å². The number of rotatable bonds is 13. The van der Waals surface area contributed by atoms with Crippen molar-refractivity contribution in [1.82, 2.24) is 0 Å². The van der Waals surface area contributed by atoms with E-state index in [0.29, 0.717) is 35.8 Å². The van der Waals surface area contributed by atoms with Crippen molar-refractivity contribution in [3.8, 4) is 17.2 Å². The number of benzene rings is 2. The molecule has 1 amide bonds. The number of carbonyl (C=O) groups is 1. The molecule has 7 nitrogen and oxygen atoms in total. The van der Waals surface area contributed by atoms with Gasteiger partial charge in [0.05, 0.1) is 19.3 Å². The molecular formula is C37H56F3NO6Si2. The zero-order valence-electron chi connectivity index (χ0n) is 31.2. The molecule has 0 spiro atoms. The number of anilines is 1. The predicted molar refractivity (Wildman–Crippen MR) is 195 cm³/mol. The Hall–Kier alpha value is -2.81. The van der Waals surface area contributed by atoms with Crippen LogP contribution in [0.1, 0.15) is 66.4 Å². The van der Waals surface area contributed by atoms with Gasteiger partial charge in [0, 0.05) is 18.7 Å². The normalized spacial score (nSPS) is 17.6. The molecular weight excluding hydrogens is 668 g/mol. The number of methoxy groups -OCH3 is 1. The number of carbonyl (C=O) groups excluding carboxylic acids is 1.